The Balaban J connectivity index is 2.08. The fourth-order valence-electron chi connectivity index (χ4n) is 4.22. The number of nitriles is 1. The number of hydrogen-bond acceptors (Lipinski definition) is 4. The Kier molecular flexibility index (Phi) is 3.49. The number of methoxy groups -OCH3 is 1. The molecule has 4 heteroatoms. The average Bonchev–Trinajstić information content (AvgIpc) is 2.46. The van der Waals surface area contributed by atoms with Gasteiger partial charge in [0.25, 0.3) is 0 Å². The second-order valence-electron chi connectivity index (χ2n) is 6.06. The highest BCUT2D eigenvalue weighted by molar-refractivity contribution is 5.27. The van der Waals surface area contributed by atoms with Crippen molar-refractivity contribution >= 4 is 0 Å². The van der Waals surface area contributed by atoms with Crippen LogP contribution in [0.5, 0.6) is 0 Å². The molecule has 1 aromatic heterocycles. The second kappa shape index (κ2) is 5.16. The Labute approximate surface area is 120 Å². The number of rotatable bonds is 2. The number of fused-ring (bicyclic) bond motifs is 2. The molecule has 1 aliphatic carbocycles. The molecule has 1 aromatic rings. The van der Waals surface area contributed by atoms with Crippen LogP contribution in [0.2, 0.25) is 0 Å². The number of aromatic nitrogens is 1. The van der Waals surface area contributed by atoms with Gasteiger partial charge in [-0.2, -0.15) is 5.26 Å². The lowest BCUT2D eigenvalue weighted by Crippen LogP contribution is -2.58. The van der Waals surface area contributed by atoms with Gasteiger partial charge in [-0.15, -0.1) is 0 Å². The van der Waals surface area contributed by atoms with E-state index in [4.69, 9.17) is 10.00 Å². The molecule has 2 aliphatic rings. The van der Waals surface area contributed by atoms with E-state index in [9.17, 15) is 0 Å². The van der Waals surface area contributed by atoms with E-state index in [0.717, 1.165) is 18.8 Å². The van der Waals surface area contributed by atoms with Gasteiger partial charge in [0.2, 0.25) is 0 Å². The third-order valence-electron chi connectivity index (χ3n) is 4.98. The molecule has 1 saturated carbocycles. The van der Waals surface area contributed by atoms with Gasteiger partial charge in [-0.3, -0.25) is 0 Å². The molecule has 20 heavy (non-hydrogen) atoms. The van der Waals surface area contributed by atoms with Crippen molar-refractivity contribution in [2.75, 3.05) is 27.2 Å². The molecule has 1 aliphatic heterocycles. The molecule has 0 aromatic carbocycles. The van der Waals surface area contributed by atoms with Crippen molar-refractivity contribution < 1.29 is 4.74 Å². The van der Waals surface area contributed by atoms with E-state index in [1.807, 2.05) is 12.1 Å². The van der Waals surface area contributed by atoms with Crippen LogP contribution in [0.25, 0.3) is 0 Å². The normalized spacial score (nSPS) is 33.6. The summed E-state index contributed by atoms with van der Waals surface area (Å²) in [6.07, 6.45) is 3.62. The maximum Gasteiger partial charge on any atom is 0.140 e. The summed E-state index contributed by atoms with van der Waals surface area (Å²) in [5.74, 6) is 0.929. The number of pyridine rings is 1. The van der Waals surface area contributed by atoms with Crippen molar-refractivity contribution in [1.29, 1.82) is 5.26 Å². The molecule has 106 valence electrons. The quantitative estimate of drug-likeness (QED) is 0.827. The van der Waals surface area contributed by atoms with Gasteiger partial charge >= 0.3 is 0 Å². The summed E-state index contributed by atoms with van der Waals surface area (Å²) >= 11 is 0. The summed E-state index contributed by atoms with van der Waals surface area (Å²) in [6.45, 7) is 2.09. The number of piperidine rings is 1. The molecule has 4 nitrogen and oxygen atoms in total. The maximum atomic E-state index is 9.10. The summed E-state index contributed by atoms with van der Waals surface area (Å²) < 4.78 is 6.08. The maximum absolute atomic E-state index is 9.10. The van der Waals surface area contributed by atoms with Crippen molar-refractivity contribution in [3.05, 3.63) is 29.6 Å². The lowest BCUT2D eigenvalue weighted by Gasteiger charge is -2.54. The average molecular weight is 271 g/mol. The smallest absolute Gasteiger partial charge is 0.140 e. The van der Waals surface area contributed by atoms with Crippen molar-refractivity contribution in [1.82, 2.24) is 9.88 Å². The van der Waals surface area contributed by atoms with E-state index in [2.05, 4.69) is 23.0 Å². The summed E-state index contributed by atoms with van der Waals surface area (Å²) in [5, 5.41) is 9.10. The predicted octanol–water partition coefficient (Wildman–Crippen LogP) is 2.16. The summed E-state index contributed by atoms with van der Waals surface area (Å²) in [5.41, 5.74) is 1.12. The first-order valence-electron chi connectivity index (χ1n) is 7.32. The van der Waals surface area contributed by atoms with E-state index >= 15 is 0 Å². The van der Waals surface area contributed by atoms with Crippen LogP contribution in [0.3, 0.4) is 0 Å². The molecule has 0 N–H and O–H groups in total. The molecule has 0 radical (unpaired) electrons. The lowest BCUT2D eigenvalue weighted by atomic mass is 9.63. The molecule has 1 saturated heterocycles. The summed E-state index contributed by atoms with van der Waals surface area (Å²) in [4.78, 5) is 6.96. The fourth-order valence-corrected chi connectivity index (χ4v) is 4.22. The van der Waals surface area contributed by atoms with Crippen LogP contribution >= 0.6 is 0 Å². The number of nitrogens with zero attached hydrogens (tertiary/aromatic N) is 3. The number of likely N-dealkylation sites (tertiary alicyclic amines) is 1. The van der Waals surface area contributed by atoms with Gasteiger partial charge in [-0.25, -0.2) is 4.98 Å². The van der Waals surface area contributed by atoms with Gasteiger partial charge in [0.05, 0.1) is 5.69 Å². The van der Waals surface area contributed by atoms with Crippen LogP contribution in [0.15, 0.2) is 18.2 Å². The zero-order valence-electron chi connectivity index (χ0n) is 12.2. The highest BCUT2D eigenvalue weighted by atomic mass is 16.5. The summed E-state index contributed by atoms with van der Waals surface area (Å²) in [6, 6.07) is 7.86. The van der Waals surface area contributed by atoms with Gasteiger partial charge in [0.1, 0.15) is 17.4 Å². The van der Waals surface area contributed by atoms with E-state index in [-0.39, 0.29) is 5.60 Å². The fraction of sp³-hybridized carbons (Fsp3) is 0.625. The van der Waals surface area contributed by atoms with Crippen LogP contribution in [0.1, 0.15) is 30.7 Å². The highest BCUT2D eigenvalue weighted by Gasteiger charge is 2.53. The monoisotopic (exact) mass is 271 g/mol. The number of ether oxygens (including phenoxy) is 1. The van der Waals surface area contributed by atoms with Gasteiger partial charge in [-0.1, -0.05) is 12.5 Å². The Morgan fingerprint density at radius 3 is 2.65 bits per heavy atom. The van der Waals surface area contributed by atoms with Gasteiger partial charge in [-0.05, 0) is 32.0 Å². The predicted molar refractivity (Wildman–Crippen MR) is 76.0 cm³/mol. The lowest BCUT2D eigenvalue weighted by molar-refractivity contribution is -0.168. The van der Waals surface area contributed by atoms with Crippen molar-refractivity contribution in [2.24, 2.45) is 11.8 Å². The van der Waals surface area contributed by atoms with Crippen molar-refractivity contribution in [2.45, 2.75) is 24.9 Å². The molecule has 2 fully saturated rings. The number of hydrogen-bond donors (Lipinski definition) is 0. The molecule has 2 unspecified atom stereocenters. The van der Waals surface area contributed by atoms with Crippen LogP contribution < -0.4 is 0 Å². The Bertz CT molecular complexity index is 523. The Morgan fingerprint density at radius 2 is 2.05 bits per heavy atom. The Hall–Kier alpha value is -1.44. The molecule has 3 rings (SSSR count). The minimum absolute atomic E-state index is 0.308. The molecular weight excluding hydrogens is 250 g/mol. The van der Waals surface area contributed by atoms with Crippen LogP contribution in [0.4, 0.5) is 0 Å². The van der Waals surface area contributed by atoms with E-state index < -0.39 is 0 Å². The first kappa shape index (κ1) is 13.5. The second-order valence-corrected chi connectivity index (χ2v) is 6.06. The SMILES string of the molecule is COC1(c2cccc(C#N)n2)C2CCCC1CN(C)C2. The van der Waals surface area contributed by atoms with Crippen LogP contribution in [-0.2, 0) is 10.3 Å². The first-order chi connectivity index (χ1) is 9.70. The standard InChI is InChI=1S/C16H21N3O/c1-19-10-12-5-3-6-13(11-19)16(12,20-2)15-8-4-7-14(9-17)18-15/h4,7-8,12-13H,3,5-6,10-11H2,1-2H3. The van der Waals surface area contributed by atoms with E-state index in [1.165, 1.54) is 19.3 Å². The van der Waals surface area contributed by atoms with Gasteiger partial charge in [0.15, 0.2) is 0 Å². The molecule has 0 amide bonds. The largest absolute Gasteiger partial charge is 0.371 e. The zero-order chi connectivity index (χ0) is 14.2. The highest BCUT2D eigenvalue weighted by Crippen LogP contribution is 2.50. The third kappa shape index (κ3) is 1.93. The topological polar surface area (TPSA) is 49.1 Å². The summed E-state index contributed by atoms with van der Waals surface area (Å²) in [7, 11) is 3.99. The van der Waals surface area contributed by atoms with Gasteiger partial charge < -0.3 is 9.64 Å². The third-order valence-corrected chi connectivity index (χ3v) is 4.98. The minimum atomic E-state index is -0.308. The molecule has 2 heterocycles. The molecule has 2 atom stereocenters. The Morgan fingerprint density at radius 1 is 1.35 bits per heavy atom. The first-order valence-corrected chi connectivity index (χ1v) is 7.32. The van der Waals surface area contributed by atoms with E-state index in [1.54, 1.807) is 13.2 Å². The van der Waals surface area contributed by atoms with Crippen molar-refractivity contribution in [3.8, 4) is 6.07 Å². The van der Waals surface area contributed by atoms with Crippen LogP contribution in [-0.4, -0.2) is 37.1 Å². The van der Waals surface area contributed by atoms with E-state index in [0.29, 0.717) is 17.5 Å². The zero-order valence-corrected chi connectivity index (χ0v) is 12.2. The minimum Gasteiger partial charge on any atom is -0.371 e. The molecule has 2 bridgehead atoms. The van der Waals surface area contributed by atoms with Gasteiger partial charge in [0, 0.05) is 32.0 Å². The molecule has 0 spiro atoms. The van der Waals surface area contributed by atoms with Crippen molar-refractivity contribution in [3.63, 3.8) is 0 Å². The van der Waals surface area contributed by atoms with Crippen LogP contribution in [0, 0.1) is 23.2 Å². The molecular formula is C16H21N3O.